The Morgan fingerprint density at radius 2 is 1.88 bits per heavy atom. The van der Waals surface area contributed by atoms with Gasteiger partial charge in [-0.15, -0.1) is 0 Å². The zero-order chi connectivity index (χ0) is 17.1. The van der Waals surface area contributed by atoms with Gasteiger partial charge >= 0.3 is 0 Å². The smallest absolute Gasteiger partial charge is 0.149 e. The monoisotopic (exact) mass is 328 g/mol. The molecule has 0 bridgehead atoms. The van der Waals surface area contributed by atoms with Gasteiger partial charge in [0.15, 0.2) is 0 Å². The Morgan fingerprint density at radius 3 is 2.76 bits per heavy atom. The van der Waals surface area contributed by atoms with E-state index in [4.69, 9.17) is 5.10 Å². The molecule has 5 rings (SSSR count). The quantitative estimate of drug-likeness (QED) is 0.520. The average Bonchev–Trinajstić information content (AvgIpc) is 3.18. The van der Waals surface area contributed by atoms with E-state index in [1.54, 1.807) is 0 Å². The summed E-state index contributed by atoms with van der Waals surface area (Å²) in [6, 6.07) is 15.1. The van der Waals surface area contributed by atoms with Crippen LogP contribution < -0.4 is 5.32 Å². The molecule has 4 heteroatoms. The minimum Gasteiger partial charge on any atom is -0.361 e. The number of aromatic nitrogens is 3. The number of aromatic amines is 1. The van der Waals surface area contributed by atoms with Crippen LogP contribution >= 0.6 is 0 Å². The zero-order valence-corrected chi connectivity index (χ0v) is 14.6. The Balaban J connectivity index is 1.77. The molecule has 0 saturated carbocycles. The largest absolute Gasteiger partial charge is 0.361 e. The zero-order valence-electron chi connectivity index (χ0n) is 14.6. The molecule has 25 heavy (non-hydrogen) atoms. The molecule has 1 aliphatic rings. The Kier molecular flexibility index (Phi) is 2.86. The van der Waals surface area contributed by atoms with Crippen molar-refractivity contribution in [1.29, 1.82) is 0 Å². The van der Waals surface area contributed by atoms with Crippen LogP contribution in [0.2, 0.25) is 0 Å². The number of anilines is 1. The highest BCUT2D eigenvalue weighted by atomic mass is 15.4. The Hall–Kier alpha value is -3.01. The molecule has 4 aromatic rings. The highest BCUT2D eigenvalue weighted by Gasteiger charge is 2.29. The first-order valence-corrected chi connectivity index (χ1v) is 8.62. The molecule has 0 amide bonds. The van der Waals surface area contributed by atoms with Gasteiger partial charge in [-0.3, -0.25) is 0 Å². The van der Waals surface area contributed by atoms with Crippen LogP contribution in [0.4, 0.5) is 5.69 Å². The van der Waals surface area contributed by atoms with Crippen molar-refractivity contribution in [1.82, 2.24) is 14.8 Å². The molecule has 0 radical (unpaired) electrons. The molecule has 2 N–H and O–H groups in total. The number of hydrogen-bond acceptors (Lipinski definition) is 2. The Labute approximate surface area is 146 Å². The van der Waals surface area contributed by atoms with Crippen LogP contribution in [0.15, 0.2) is 48.7 Å². The van der Waals surface area contributed by atoms with E-state index in [2.05, 4.69) is 84.4 Å². The maximum absolute atomic E-state index is 4.79. The predicted molar refractivity (Wildman–Crippen MR) is 102 cm³/mol. The van der Waals surface area contributed by atoms with Gasteiger partial charge in [-0.05, 0) is 44.5 Å². The van der Waals surface area contributed by atoms with E-state index >= 15 is 0 Å². The van der Waals surface area contributed by atoms with Crippen LogP contribution in [0.5, 0.6) is 0 Å². The summed E-state index contributed by atoms with van der Waals surface area (Å²) in [6.45, 7) is 6.37. The molecular formula is C21H20N4. The third kappa shape index (κ3) is 2.03. The van der Waals surface area contributed by atoms with E-state index in [9.17, 15) is 0 Å². The van der Waals surface area contributed by atoms with Gasteiger partial charge in [0.2, 0.25) is 0 Å². The van der Waals surface area contributed by atoms with Crippen molar-refractivity contribution in [2.24, 2.45) is 0 Å². The van der Waals surface area contributed by atoms with Gasteiger partial charge in [-0.1, -0.05) is 29.8 Å². The van der Waals surface area contributed by atoms with Crippen molar-refractivity contribution < 1.29 is 0 Å². The van der Waals surface area contributed by atoms with E-state index in [-0.39, 0.29) is 6.17 Å². The summed E-state index contributed by atoms with van der Waals surface area (Å²) in [6.07, 6.45) is 2.08. The second-order valence-electron chi connectivity index (χ2n) is 6.96. The number of nitrogens with one attached hydrogen (secondary N) is 2. The Bertz CT molecular complexity index is 1120. The summed E-state index contributed by atoms with van der Waals surface area (Å²) in [5.41, 5.74) is 9.55. The van der Waals surface area contributed by atoms with Crippen LogP contribution in [0.25, 0.3) is 22.2 Å². The second-order valence-corrected chi connectivity index (χ2v) is 6.96. The molecule has 1 aliphatic heterocycles. The lowest BCUT2D eigenvalue weighted by molar-refractivity contribution is 0.574. The molecule has 4 nitrogen and oxygen atoms in total. The lowest BCUT2D eigenvalue weighted by Gasteiger charge is -2.30. The van der Waals surface area contributed by atoms with E-state index in [1.165, 1.54) is 39.0 Å². The van der Waals surface area contributed by atoms with Gasteiger partial charge in [-0.25, -0.2) is 4.68 Å². The molecule has 2 aromatic carbocycles. The number of H-pyrrole nitrogens is 1. The molecule has 0 saturated heterocycles. The summed E-state index contributed by atoms with van der Waals surface area (Å²) in [5, 5.41) is 9.76. The van der Waals surface area contributed by atoms with Crippen LogP contribution in [0.3, 0.4) is 0 Å². The van der Waals surface area contributed by atoms with Gasteiger partial charge in [0.25, 0.3) is 0 Å². The van der Waals surface area contributed by atoms with E-state index in [1.807, 2.05) is 0 Å². The summed E-state index contributed by atoms with van der Waals surface area (Å²) < 4.78 is 2.12. The first-order chi connectivity index (χ1) is 12.1. The number of hydrogen-bond donors (Lipinski definition) is 2. The minimum atomic E-state index is -0.0197. The molecule has 1 atom stereocenters. The van der Waals surface area contributed by atoms with Gasteiger partial charge in [0.05, 0.1) is 11.4 Å². The molecule has 0 unspecified atom stereocenters. The van der Waals surface area contributed by atoms with Crippen molar-refractivity contribution in [3.05, 3.63) is 71.0 Å². The number of benzene rings is 2. The first-order valence-electron chi connectivity index (χ1n) is 8.62. The fraction of sp³-hybridized carbons (Fsp3) is 0.190. The lowest BCUT2D eigenvalue weighted by atomic mass is 9.98. The van der Waals surface area contributed by atoms with E-state index < -0.39 is 0 Å². The number of para-hydroxylation sites is 1. The van der Waals surface area contributed by atoms with Crippen molar-refractivity contribution in [3.63, 3.8) is 0 Å². The van der Waals surface area contributed by atoms with Crippen molar-refractivity contribution in [2.75, 3.05) is 5.32 Å². The highest BCUT2D eigenvalue weighted by molar-refractivity contribution is 5.86. The number of fused-ring (bicyclic) bond motifs is 4. The molecule has 2 aromatic heterocycles. The van der Waals surface area contributed by atoms with E-state index in [0.717, 1.165) is 11.2 Å². The molecule has 124 valence electrons. The Morgan fingerprint density at radius 1 is 1.04 bits per heavy atom. The fourth-order valence-electron chi connectivity index (χ4n) is 4.00. The van der Waals surface area contributed by atoms with Crippen molar-refractivity contribution >= 4 is 16.6 Å². The minimum absolute atomic E-state index is 0.0197. The standard InChI is InChI=1S/C21H20N4/c1-12-8-13(2)20-16(9-12)19-10-14(3)24-25(19)21(23-20)17-11-22-18-7-5-4-6-15(17)18/h4-11,21-23H,1-3H3/t21-/m1/s1. The third-order valence-corrected chi connectivity index (χ3v) is 5.06. The average molecular weight is 328 g/mol. The highest BCUT2D eigenvalue weighted by Crippen LogP contribution is 2.42. The maximum Gasteiger partial charge on any atom is 0.149 e. The van der Waals surface area contributed by atoms with Crippen LogP contribution in [-0.2, 0) is 0 Å². The molecule has 0 aliphatic carbocycles. The number of rotatable bonds is 1. The predicted octanol–water partition coefficient (Wildman–Crippen LogP) is 4.93. The van der Waals surface area contributed by atoms with Crippen LogP contribution in [0, 0.1) is 20.8 Å². The normalized spacial score (nSPS) is 15.7. The maximum atomic E-state index is 4.79. The summed E-state index contributed by atoms with van der Waals surface area (Å²) in [4.78, 5) is 3.39. The fourth-order valence-corrected chi connectivity index (χ4v) is 4.00. The SMILES string of the molecule is Cc1cc(C)c2c(c1)-c1cc(C)nn1[C@H](c1c[nH]c3ccccc13)N2. The number of nitrogens with zero attached hydrogens (tertiary/aromatic N) is 2. The van der Waals surface area contributed by atoms with Gasteiger partial charge < -0.3 is 10.3 Å². The molecule has 0 fully saturated rings. The van der Waals surface area contributed by atoms with Gasteiger partial charge in [0.1, 0.15) is 6.17 Å². The first kappa shape index (κ1) is 14.3. The molecular weight excluding hydrogens is 308 g/mol. The second kappa shape index (κ2) is 4.99. The van der Waals surface area contributed by atoms with Gasteiger partial charge in [0, 0.05) is 33.9 Å². The van der Waals surface area contributed by atoms with Crippen LogP contribution in [-0.4, -0.2) is 14.8 Å². The molecule has 0 spiro atoms. The van der Waals surface area contributed by atoms with E-state index in [0.29, 0.717) is 0 Å². The van der Waals surface area contributed by atoms with Gasteiger partial charge in [-0.2, -0.15) is 5.10 Å². The third-order valence-electron chi connectivity index (χ3n) is 5.06. The lowest BCUT2D eigenvalue weighted by Crippen LogP contribution is -2.26. The van der Waals surface area contributed by atoms with Crippen molar-refractivity contribution in [3.8, 4) is 11.3 Å². The molecule has 3 heterocycles. The summed E-state index contributed by atoms with van der Waals surface area (Å²) in [7, 11) is 0. The number of aryl methyl sites for hydroxylation is 3. The topological polar surface area (TPSA) is 45.6 Å². The summed E-state index contributed by atoms with van der Waals surface area (Å²) >= 11 is 0. The van der Waals surface area contributed by atoms with Crippen LogP contribution in [0.1, 0.15) is 28.6 Å². The summed E-state index contributed by atoms with van der Waals surface area (Å²) in [5.74, 6) is 0. The van der Waals surface area contributed by atoms with Crippen molar-refractivity contribution in [2.45, 2.75) is 26.9 Å².